The number of thiol groups is 1. The number of nitrogens with zero attached hydrogens (tertiary/aromatic N) is 1. The SMILES string of the molecule is C=C(C(=O)NCCS)c1cccnc1. The van der Waals surface area contributed by atoms with Crippen molar-refractivity contribution in [3.8, 4) is 0 Å². The molecule has 0 fully saturated rings. The van der Waals surface area contributed by atoms with Gasteiger partial charge >= 0.3 is 0 Å². The maximum Gasteiger partial charge on any atom is 0.251 e. The van der Waals surface area contributed by atoms with E-state index in [9.17, 15) is 4.79 Å². The molecular formula is C10H12N2OS. The largest absolute Gasteiger partial charge is 0.351 e. The molecule has 0 spiro atoms. The lowest BCUT2D eigenvalue weighted by atomic mass is 10.1. The van der Waals surface area contributed by atoms with Crippen LogP contribution in [0.15, 0.2) is 31.1 Å². The standard InChI is InChI=1S/C10H12N2OS/c1-8(10(13)12-5-6-14)9-3-2-4-11-7-9/h2-4,7,14H,1,5-6H2,(H,12,13). The zero-order valence-electron chi connectivity index (χ0n) is 7.73. The Morgan fingerprint density at radius 2 is 2.43 bits per heavy atom. The third kappa shape index (κ3) is 2.88. The van der Waals surface area contributed by atoms with Gasteiger partial charge in [0.25, 0.3) is 5.91 Å². The molecule has 1 heterocycles. The number of carbonyl (C=O) groups is 1. The summed E-state index contributed by atoms with van der Waals surface area (Å²) >= 11 is 3.99. The zero-order valence-corrected chi connectivity index (χ0v) is 8.63. The van der Waals surface area contributed by atoms with E-state index in [1.54, 1.807) is 24.5 Å². The van der Waals surface area contributed by atoms with Crippen molar-refractivity contribution < 1.29 is 4.79 Å². The fourth-order valence-corrected chi connectivity index (χ4v) is 1.06. The molecule has 0 saturated heterocycles. The van der Waals surface area contributed by atoms with E-state index in [4.69, 9.17) is 0 Å². The molecule has 0 aliphatic rings. The number of rotatable bonds is 4. The van der Waals surface area contributed by atoms with E-state index in [0.29, 0.717) is 17.9 Å². The van der Waals surface area contributed by atoms with Crippen LogP contribution >= 0.6 is 12.6 Å². The summed E-state index contributed by atoms with van der Waals surface area (Å²) in [4.78, 5) is 15.3. The Morgan fingerprint density at radius 1 is 1.64 bits per heavy atom. The quantitative estimate of drug-likeness (QED) is 0.575. The Balaban J connectivity index is 2.62. The predicted molar refractivity (Wildman–Crippen MR) is 60.1 cm³/mol. The number of amides is 1. The van der Waals surface area contributed by atoms with Crippen molar-refractivity contribution in [2.45, 2.75) is 0 Å². The Labute approximate surface area is 88.7 Å². The van der Waals surface area contributed by atoms with Crippen molar-refractivity contribution in [3.63, 3.8) is 0 Å². The molecule has 1 aromatic rings. The first-order valence-corrected chi connectivity index (χ1v) is 4.87. The molecule has 0 aliphatic heterocycles. The van der Waals surface area contributed by atoms with Gasteiger partial charge in [-0.3, -0.25) is 9.78 Å². The highest BCUT2D eigenvalue weighted by Gasteiger charge is 2.07. The summed E-state index contributed by atoms with van der Waals surface area (Å²) in [5.74, 6) is 0.443. The number of aromatic nitrogens is 1. The smallest absolute Gasteiger partial charge is 0.251 e. The van der Waals surface area contributed by atoms with Crippen molar-refractivity contribution >= 4 is 24.1 Å². The van der Waals surface area contributed by atoms with Crippen LogP contribution in [0.5, 0.6) is 0 Å². The molecule has 1 amide bonds. The van der Waals surface area contributed by atoms with Crippen LogP contribution in [0.3, 0.4) is 0 Å². The lowest BCUT2D eigenvalue weighted by molar-refractivity contribution is -0.115. The molecule has 1 N–H and O–H groups in total. The number of pyridine rings is 1. The first kappa shape index (κ1) is 10.8. The second kappa shape index (κ2) is 5.44. The lowest BCUT2D eigenvalue weighted by Crippen LogP contribution is -2.25. The van der Waals surface area contributed by atoms with Crippen LogP contribution in [0.2, 0.25) is 0 Å². The van der Waals surface area contributed by atoms with Crippen LogP contribution in [-0.2, 0) is 4.79 Å². The maximum atomic E-state index is 11.4. The van der Waals surface area contributed by atoms with Crippen LogP contribution in [0.1, 0.15) is 5.56 Å². The molecule has 0 unspecified atom stereocenters. The van der Waals surface area contributed by atoms with Crippen LogP contribution < -0.4 is 5.32 Å². The average molecular weight is 208 g/mol. The summed E-state index contributed by atoms with van der Waals surface area (Å²) < 4.78 is 0. The van der Waals surface area contributed by atoms with Crippen LogP contribution in [0.25, 0.3) is 5.57 Å². The number of nitrogens with one attached hydrogen (secondary N) is 1. The molecule has 1 aromatic heterocycles. The molecule has 3 nitrogen and oxygen atoms in total. The first-order chi connectivity index (χ1) is 6.75. The second-order valence-corrected chi connectivity index (χ2v) is 3.15. The zero-order chi connectivity index (χ0) is 10.4. The van der Waals surface area contributed by atoms with Gasteiger partial charge in [-0.25, -0.2) is 0 Å². The Hall–Kier alpha value is -1.29. The molecule has 0 bridgehead atoms. The first-order valence-electron chi connectivity index (χ1n) is 4.24. The fourth-order valence-electron chi connectivity index (χ4n) is 0.948. The highest BCUT2D eigenvalue weighted by Crippen LogP contribution is 2.09. The van der Waals surface area contributed by atoms with Crippen molar-refractivity contribution in [2.75, 3.05) is 12.3 Å². The van der Waals surface area contributed by atoms with Gasteiger partial charge in [-0.15, -0.1) is 0 Å². The summed E-state index contributed by atoms with van der Waals surface area (Å²) in [6.45, 7) is 4.24. The molecule has 0 atom stereocenters. The van der Waals surface area contributed by atoms with Gasteiger partial charge in [0.15, 0.2) is 0 Å². The summed E-state index contributed by atoms with van der Waals surface area (Å²) in [6.07, 6.45) is 3.27. The van der Waals surface area contributed by atoms with Gasteiger partial charge in [-0.1, -0.05) is 12.6 Å². The molecular weight excluding hydrogens is 196 g/mol. The summed E-state index contributed by atoms with van der Waals surface area (Å²) in [6, 6.07) is 3.57. The van der Waals surface area contributed by atoms with E-state index in [0.717, 1.165) is 5.56 Å². The minimum Gasteiger partial charge on any atom is -0.351 e. The van der Waals surface area contributed by atoms with Crippen LogP contribution in [0.4, 0.5) is 0 Å². The number of hydrogen-bond donors (Lipinski definition) is 2. The normalized spacial score (nSPS) is 9.50. The van der Waals surface area contributed by atoms with Gasteiger partial charge in [-0.05, 0) is 6.07 Å². The topological polar surface area (TPSA) is 42.0 Å². The van der Waals surface area contributed by atoms with Crippen LogP contribution in [-0.4, -0.2) is 23.2 Å². The van der Waals surface area contributed by atoms with Crippen LogP contribution in [0, 0.1) is 0 Å². The Bertz CT molecular complexity index is 324. The monoisotopic (exact) mass is 208 g/mol. The van der Waals surface area contributed by atoms with E-state index in [-0.39, 0.29) is 5.91 Å². The molecule has 0 saturated carbocycles. The third-order valence-electron chi connectivity index (χ3n) is 1.68. The van der Waals surface area contributed by atoms with Gasteiger partial charge in [0, 0.05) is 35.8 Å². The van der Waals surface area contributed by atoms with Gasteiger partial charge in [0.1, 0.15) is 0 Å². The van der Waals surface area contributed by atoms with E-state index in [1.807, 2.05) is 0 Å². The highest BCUT2D eigenvalue weighted by molar-refractivity contribution is 7.80. The number of carbonyl (C=O) groups excluding carboxylic acids is 1. The van der Waals surface area contributed by atoms with Crippen molar-refractivity contribution in [1.29, 1.82) is 0 Å². The van der Waals surface area contributed by atoms with E-state index in [2.05, 4.69) is 29.5 Å². The minimum atomic E-state index is -0.174. The van der Waals surface area contributed by atoms with Gasteiger partial charge in [0.05, 0.1) is 0 Å². The fraction of sp³-hybridized carbons (Fsp3) is 0.200. The third-order valence-corrected chi connectivity index (χ3v) is 1.91. The Kier molecular flexibility index (Phi) is 4.19. The van der Waals surface area contributed by atoms with Crippen molar-refractivity contribution in [1.82, 2.24) is 10.3 Å². The molecule has 4 heteroatoms. The van der Waals surface area contributed by atoms with E-state index < -0.39 is 0 Å². The Morgan fingerprint density at radius 3 is 3.00 bits per heavy atom. The molecule has 74 valence electrons. The van der Waals surface area contributed by atoms with Gasteiger partial charge < -0.3 is 5.32 Å². The summed E-state index contributed by atoms with van der Waals surface area (Å²) in [7, 11) is 0. The summed E-state index contributed by atoms with van der Waals surface area (Å²) in [5.41, 5.74) is 1.17. The van der Waals surface area contributed by atoms with Crippen molar-refractivity contribution in [2.24, 2.45) is 0 Å². The van der Waals surface area contributed by atoms with Gasteiger partial charge in [-0.2, -0.15) is 12.6 Å². The molecule has 0 radical (unpaired) electrons. The average Bonchev–Trinajstić information content (AvgIpc) is 2.26. The molecule has 14 heavy (non-hydrogen) atoms. The van der Waals surface area contributed by atoms with E-state index in [1.165, 1.54) is 0 Å². The van der Waals surface area contributed by atoms with Gasteiger partial charge in [0.2, 0.25) is 0 Å². The summed E-state index contributed by atoms with van der Waals surface area (Å²) in [5, 5.41) is 2.69. The highest BCUT2D eigenvalue weighted by atomic mass is 32.1. The predicted octanol–water partition coefficient (Wildman–Crippen LogP) is 1.14. The molecule has 0 aromatic carbocycles. The maximum absolute atomic E-state index is 11.4. The molecule has 0 aliphatic carbocycles. The lowest BCUT2D eigenvalue weighted by Gasteiger charge is -2.05. The number of hydrogen-bond acceptors (Lipinski definition) is 3. The second-order valence-electron chi connectivity index (χ2n) is 2.70. The van der Waals surface area contributed by atoms with E-state index >= 15 is 0 Å². The molecule has 1 rings (SSSR count). The minimum absolute atomic E-state index is 0.174. The van der Waals surface area contributed by atoms with Crippen molar-refractivity contribution in [3.05, 3.63) is 36.7 Å².